The Hall–Kier alpha value is -3.54. The lowest BCUT2D eigenvalue weighted by molar-refractivity contribution is -0.384. The summed E-state index contributed by atoms with van der Waals surface area (Å²) < 4.78 is 13.2. The van der Waals surface area contributed by atoms with Crippen LogP contribution in [0.25, 0.3) is 11.1 Å². The van der Waals surface area contributed by atoms with Crippen molar-refractivity contribution < 1.29 is 14.1 Å². The molecule has 3 rings (SSSR count). The van der Waals surface area contributed by atoms with Gasteiger partial charge in [0.05, 0.1) is 4.92 Å². The Morgan fingerprint density at radius 2 is 1.60 bits per heavy atom. The molecule has 0 aliphatic rings. The summed E-state index contributed by atoms with van der Waals surface area (Å²) in [5, 5.41) is 13.6. The largest absolute Gasteiger partial charge is 0.322 e. The molecule has 0 bridgehead atoms. The maximum atomic E-state index is 13.2. The molecule has 0 saturated carbocycles. The van der Waals surface area contributed by atoms with Crippen LogP contribution in [-0.2, 0) is 0 Å². The quantitative estimate of drug-likeness (QED) is 0.556. The molecule has 0 atom stereocenters. The van der Waals surface area contributed by atoms with Crippen molar-refractivity contribution in [2.75, 3.05) is 5.32 Å². The van der Waals surface area contributed by atoms with E-state index in [0.29, 0.717) is 11.3 Å². The van der Waals surface area contributed by atoms with Crippen molar-refractivity contribution in [3.8, 4) is 11.1 Å². The van der Waals surface area contributed by atoms with Crippen LogP contribution in [0.3, 0.4) is 0 Å². The monoisotopic (exact) mass is 336 g/mol. The van der Waals surface area contributed by atoms with Gasteiger partial charge in [-0.2, -0.15) is 0 Å². The predicted molar refractivity (Wildman–Crippen MR) is 92.9 cm³/mol. The molecule has 0 spiro atoms. The zero-order valence-corrected chi connectivity index (χ0v) is 13.0. The van der Waals surface area contributed by atoms with Crippen LogP contribution < -0.4 is 5.32 Å². The fraction of sp³-hybridized carbons (Fsp3) is 0. The van der Waals surface area contributed by atoms with E-state index in [4.69, 9.17) is 0 Å². The Morgan fingerprint density at radius 3 is 2.32 bits per heavy atom. The third kappa shape index (κ3) is 3.87. The van der Waals surface area contributed by atoms with E-state index < -0.39 is 16.6 Å². The van der Waals surface area contributed by atoms with Crippen LogP contribution in [0.4, 0.5) is 15.8 Å². The summed E-state index contributed by atoms with van der Waals surface area (Å²) in [6.45, 7) is 0. The molecule has 1 amide bonds. The number of nitrogens with one attached hydrogen (secondary N) is 1. The molecule has 0 heterocycles. The topological polar surface area (TPSA) is 72.2 Å². The summed E-state index contributed by atoms with van der Waals surface area (Å²) in [5.41, 5.74) is 2.10. The number of rotatable bonds is 4. The highest BCUT2D eigenvalue weighted by atomic mass is 19.1. The highest BCUT2D eigenvalue weighted by molar-refractivity contribution is 6.04. The average Bonchev–Trinajstić information content (AvgIpc) is 2.62. The summed E-state index contributed by atoms with van der Waals surface area (Å²) in [4.78, 5) is 22.6. The second-order valence-electron chi connectivity index (χ2n) is 5.35. The van der Waals surface area contributed by atoms with Crippen LogP contribution in [0.5, 0.6) is 0 Å². The summed E-state index contributed by atoms with van der Waals surface area (Å²) in [6, 6.07) is 18.5. The molecule has 1 N–H and O–H groups in total. The fourth-order valence-corrected chi connectivity index (χ4v) is 2.41. The molecule has 0 aliphatic carbocycles. The Bertz CT molecular complexity index is 957. The molecular formula is C19H13FN2O3. The van der Waals surface area contributed by atoms with Crippen molar-refractivity contribution in [3.63, 3.8) is 0 Å². The lowest BCUT2D eigenvalue weighted by Crippen LogP contribution is -2.12. The Morgan fingerprint density at radius 1 is 0.920 bits per heavy atom. The molecule has 25 heavy (non-hydrogen) atoms. The molecule has 5 nitrogen and oxygen atoms in total. The van der Waals surface area contributed by atoms with Gasteiger partial charge in [0.2, 0.25) is 0 Å². The normalized spacial score (nSPS) is 10.3. The van der Waals surface area contributed by atoms with Gasteiger partial charge in [-0.1, -0.05) is 30.3 Å². The number of carbonyl (C=O) groups excluding carboxylic acids is 1. The molecule has 0 unspecified atom stereocenters. The average molecular weight is 336 g/mol. The smallest absolute Gasteiger partial charge is 0.270 e. The fourth-order valence-electron chi connectivity index (χ4n) is 2.41. The van der Waals surface area contributed by atoms with Gasteiger partial charge in [0.15, 0.2) is 0 Å². The lowest BCUT2D eigenvalue weighted by atomic mass is 10.0. The minimum Gasteiger partial charge on any atom is -0.322 e. The number of hydrogen-bond donors (Lipinski definition) is 1. The number of hydrogen-bond acceptors (Lipinski definition) is 3. The molecule has 124 valence electrons. The third-order valence-corrected chi connectivity index (χ3v) is 3.60. The van der Waals surface area contributed by atoms with E-state index in [1.165, 1.54) is 30.3 Å². The number of carbonyl (C=O) groups is 1. The third-order valence-electron chi connectivity index (χ3n) is 3.60. The van der Waals surface area contributed by atoms with Gasteiger partial charge in [-0.3, -0.25) is 14.9 Å². The molecule has 0 radical (unpaired) electrons. The molecule has 0 aromatic heterocycles. The summed E-state index contributed by atoms with van der Waals surface area (Å²) >= 11 is 0. The zero-order valence-electron chi connectivity index (χ0n) is 13.0. The number of nitrogens with zero attached hydrogens (tertiary/aromatic N) is 1. The predicted octanol–water partition coefficient (Wildman–Crippen LogP) is 4.65. The van der Waals surface area contributed by atoms with E-state index in [0.717, 1.165) is 11.6 Å². The van der Waals surface area contributed by atoms with Crippen LogP contribution in [0, 0.1) is 15.9 Å². The molecule has 0 fully saturated rings. The maximum Gasteiger partial charge on any atom is 0.270 e. The summed E-state index contributed by atoms with van der Waals surface area (Å²) in [7, 11) is 0. The minimum atomic E-state index is -0.488. The number of anilines is 1. The first-order valence-corrected chi connectivity index (χ1v) is 7.45. The number of nitro benzene ring substituents is 1. The Kier molecular flexibility index (Phi) is 4.52. The first-order chi connectivity index (χ1) is 12.0. The van der Waals surface area contributed by atoms with Crippen molar-refractivity contribution in [1.29, 1.82) is 0 Å². The van der Waals surface area contributed by atoms with Gasteiger partial charge < -0.3 is 5.32 Å². The molecule has 6 heteroatoms. The van der Waals surface area contributed by atoms with Crippen LogP contribution in [0.15, 0.2) is 72.8 Å². The standard InChI is InChI=1S/C19H13FN2O3/c20-16-7-1-6-15(10-16)19(23)21-17-8-2-4-13(11-17)14-5-3-9-18(12-14)22(24)25/h1-12H,(H,21,23). The molecular weight excluding hydrogens is 323 g/mol. The van der Waals surface area contributed by atoms with Crippen LogP contribution >= 0.6 is 0 Å². The molecule has 0 saturated heterocycles. The second kappa shape index (κ2) is 6.92. The lowest BCUT2D eigenvalue weighted by Gasteiger charge is -2.08. The van der Waals surface area contributed by atoms with Crippen LogP contribution in [0.1, 0.15) is 10.4 Å². The van der Waals surface area contributed by atoms with Crippen molar-refractivity contribution in [3.05, 3.63) is 94.3 Å². The van der Waals surface area contributed by atoms with E-state index >= 15 is 0 Å². The van der Waals surface area contributed by atoms with Gasteiger partial charge >= 0.3 is 0 Å². The minimum absolute atomic E-state index is 0.00769. The van der Waals surface area contributed by atoms with Gasteiger partial charge in [-0.15, -0.1) is 0 Å². The molecule has 0 aliphatic heterocycles. The SMILES string of the molecule is O=C(Nc1cccc(-c2cccc([N+](=O)[O-])c2)c1)c1cccc(F)c1. The highest BCUT2D eigenvalue weighted by Crippen LogP contribution is 2.26. The van der Waals surface area contributed by atoms with E-state index in [1.807, 2.05) is 0 Å². The van der Waals surface area contributed by atoms with Crippen molar-refractivity contribution in [2.24, 2.45) is 0 Å². The zero-order chi connectivity index (χ0) is 17.8. The number of benzene rings is 3. The van der Waals surface area contributed by atoms with E-state index in [2.05, 4.69) is 5.32 Å². The molecule has 3 aromatic rings. The Balaban J connectivity index is 1.86. The van der Waals surface area contributed by atoms with Gasteiger partial charge in [-0.25, -0.2) is 4.39 Å². The molecule has 3 aromatic carbocycles. The van der Waals surface area contributed by atoms with Crippen molar-refractivity contribution in [1.82, 2.24) is 0 Å². The van der Waals surface area contributed by atoms with Crippen molar-refractivity contribution >= 4 is 17.3 Å². The number of nitro groups is 1. The van der Waals surface area contributed by atoms with Gasteiger partial charge in [0.1, 0.15) is 5.82 Å². The van der Waals surface area contributed by atoms with Gasteiger partial charge in [0, 0.05) is 23.4 Å². The highest BCUT2D eigenvalue weighted by Gasteiger charge is 2.10. The first-order valence-electron chi connectivity index (χ1n) is 7.45. The van der Waals surface area contributed by atoms with Gasteiger partial charge in [-0.05, 0) is 41.5 Å². The van der Waals surface area contributed by atoms with Crippen LogP contribution in [-0.4, -0.2) is 10.8 Å². The maximum absolute atomic E-state index is 13.2. The summed E-state index contributed by atoms with van der Waals surface area (Å²) in [5.74, 6) is -0.923. The van der Waals surface area contributed by atoms with E-state index in [9.17, 15) is 19.3 Å². The summed E-state index contributed by atoms with van der Waals surface area (Å²) in [6.07, 6.45) is 0. The number of non-ortho nitro benzene ring substituents is 1. The number of halogens is 1. The van der Waals surface area contributed by atoms with Crippen LogP contribution in [0.2, 0.25) is 0 Å². The first kappa shape index (κ1) is 16.3. The van der Waals surface area contributed by atoms with Gasteiger partial charge in [0.25, 0.3) is 11.6 Å². The van der Waals surface area contributed by atoms with Crippen molar-refractivity contribution in [2.45, 2.75) is 0 Å². The van der Waals surface area contributed by atoms with E-state index in [1.54, 1.807) is 36.4 Å². The second-order valence-corrected chi connectivity index (χ2v) is 5.35. The Labute approximate surface area is 142 Å². The number of amides is 1. The van der Waals surface area contributed by atoms with E-state index in [-0.39, 0.29) is 11.3 Å².